The number of hydrogen-bond donors (Lipinski definition) is 3. The molecule has 144 valence electrons. The van der Waals surface area contributed by atoms with Gasteiger partial charge in [-0.2, -0.15) is 4.98 Å². The lowest BCUT2D eigenvalue weighted by Gasteiger charge is -2.15. The first-order chi connectivity index (χ1) is 13.6. The van der Waals surface area contributed by atoms with Crippen LogP contribution < -0.4 is 15.4 Å². The predicted molar refractivity (Wildman–Crippen MR) is 110 cm³/mol. The summed E-state index contributed by atoms with van der Waals surface area (Å²) in [6.45, 7) is 1.07. The van der Waals surface area contributed by atoms with Gasteiger partial charge in [-0.25, -0.2) is 18.1 Å². The zero-order valence-electron chi connectivity index (χ0n) is 15.2. The number of nitrogens with one attached hydrogen (secondary N) is 3. The third kappa shape index (κ3) is 4.13. The second-order valence-electron chi connectivity index (χ2n) is 6.51. The van der Waals surface area contributed by atoms with Gasteiger partial charge < -0.3 is 10.6 Å². The molecule has 3 N–H and O–H groups in total. The van der Waals surface area contributed by atoms with Crippen LogP contribution >= 0.6 is 0 Å². The first-order valence-electron chi connectivity index (χ1n) is 9.15. The Bertz CT molecular complexity index is 1070. The van der Waals surface area contributed by atoms with Crippen molar-refractivity contribution in [2.45, 2.75) is 17.7 Å². The first kappa shape index (κ1) is 18.4. The van der Waals surface area contributed by atoms with Gasteiger partial charge >= 0.3 is 0 Å². The van der Waals surface area contributed by atoms with Crippen molar-refractivity contribution in [1.82, 2.24) is 14.7 Å². The van der Waals surface area contributed by atoms with E-state index in [1.807, 2.05) is 30.3 Å². The van der Waals surface area contributed by atoms with Gasteiger partial charge in [-0.3, -0.25) is 0 Å². The van der Waals surface area contributed by atoms with Gasteiger partial charge in [0.2, 0.25) is 16.0 Å². The van der Waals surface area contributed by atoms with Gasteiger partial charge in [-0.15, -0.1) is 0 Å². The van der Waals surface area contributed by atoms with E-state index in [1.54, 1.807) is 30.5 Å². The fourth-order valence-electron chi connectivity index (χ4n) is 3.02. The molecule has 1 aliphatic rings. The van der Waals surface area contributed by atoms with Crippen molar-refractivity contribution in [2.24, 2.45) is 0 Å². The molecule has 3 aromatic rings. The lowest BCUT2D eigenvalue weighted by molar-refractivity contribution is 0.577. The number of sulfonamides is 1. The number of hydrogen-bond acceptors (Lipinski definition) is 6. The van der Waals surface area contributed by atoms with E-state index in [0.29, 0.717) is 24.7 Å². The topological polar surface area (TPSA) is 96.0 Å². The average molecular weight is 395 g/mol. The summed E-state index contributed by atoms with van der Waals surface area (Å²) in [5.41, 5.74) is 2.57. The molecule has 4 bridgehead atoms. The summed E-state index contributed by atoms with van der Waals surface area (Å²) in [5, 5.41) is 6.46. The smallest absolute Gasteiger partial charge is 0.240 e. The van der Waals surface area contributed by atoms with Crippen LogP contribution in [-0.2, 0) is 10.0 Å². The molecular formula is C20H21N5O2S. The Morgan fingerprint density at radius 2 is 1.75 bits per heavy atom. The maximum atomic E-state index is 12.4. The Kier molecular flexibility index (Phi) is 5.23. The maximum Gasteiger partial charge on any atom is 0.240 e. The summed E-state index contributed by atoms with van der Waals surface area (Å²) in [6.07, 6.45) is 3.31. The summed E-state index contributed by atoms with van der Waals surface area (Å²) in [4.78, 5) is 9.26. The molecule has 0 atom stereocenters. The molecule has 1 aromatic heterocycles. The zero-order chi connectivity index (χ0) is 19.4. The van der Waals surface area contributed by atoms with E-state index in [2.05, 4.69) is 25.3 Å². The highest BCUT2D eigenvalue weighted by Gasteiger charge is 2.15. The van der Waals surface area contributed by atoms with Crippen molar-refractivity contribution >= 4 is 27.5 Å². The standard InChI is InChI=1S/C20H21N5O2S/c26-28(27)17-10-6-9-16(13-17)24-20-22-14-18(15-7-2-1-3-8-15)19(25-20)21-11-4-5-12-23-28/h1-3,6-10,13-14,23H,4-5,11-12H2,(H2,21,22,24,25). The van der Waals surface area contributed by atoms with Crippen LogP contribution in [-0.4, -0.2) is 31.5 Å². The lowest BCUT2D eigenvalue weighted by Crippen LogP contribution is -2.25. The quantitative estimate of drug-likeness (QED) is 0.585. The van der Waals surface area contributed by atoms with E-state index in [-0.39, 0.29) is 4.90 Å². The Balaban J connectivity index is 1.73. The van der Waals surface area contributed by atoms with E-state index in [9.17, 15) is 8.42 Å². The van der Waals surface area contributed by atoms with Crippen LogP contribution in [0.1, 0.15) is 12.8 Å². The van der Waals surface area contributed by atoms with Crippen molar-refractivity contribution in [3.8, 4) is 11.1 Å². The van der Waals surface area contributed by atoms with E-state index in [0.717, 1.165) is 29.8 Å². The summed E-state index contributed by atoms with van der Waals surface area (Å²) < 4.78 is 27.5. The molecule has 4 rings (SSSR count). The van der Waals surface area contributed by atoms with Crippen LogP contribution in [0.4, 0.5) is 17.5 Å². The van der Waals surface area contributed by atoms with E-state index in [1.165, 1.54) is 0 Å². The van der Waals surface area contributed by atoms with Gasteiger partial charge in [0.05, 0.1) is 4.90 Å². The van der Waals surface area contributed by atoms with Crippen LogP contribution in [0.15, 0.2) is 65.7 Å². The number of fused-ring (bicyclic) bond motifs is 4. The van der Waals surface area contributed by atoms with E-state index >= 15 is 0 Å². The van der Waals surface area contributed by atoms with Crippen molar-refractivity contribution in [2.75, 3.05) is 23.7 Å². The molecule has 0 saturated heterocycles. The molecule has 7 nitrogen and oxygen atoms in total. The molecule has 0 unspecified atom stereocenters. The molecule has 8 heteroatoms. The van der Waals surface area contributed by atoms with Crippen LogP contribution in [0.5, 0.6) is 0 Å². The maximum absolute atomic E-state index is 12.4. The van der Waals surface area contributed by atoms with Gasteiger partial charge in [0.15, 0.2) is 0 Å². The number of nitrogens with zero attached hydrogens (tertiary/aromatic N) is 2. The fourth-order valence-corrected chi connectivity index (χ4v) is 4.14. The molecule has 2 heterocycles. The Labute approximate surface area is 164 Å². The van der Waals surface area contributed by atoms with Crippen LogP contribution in [0, 0.1) is 0 Å². The third-order valence-electron chi connectivity index (χ3n) is 4.46. The van der Waals surface area contributed by atoms with Crippen molar-refractivity contribution < 1.29 is 8.42 Å². The summed E-state index contributed by atoms with van der Waals surface area (Å²) in [7, 11) is -3.53. The van der Waals surface area contributed by atoms with Gasteiger partial charge in [-0.05, 0) is 36.6 Å². The highest BCUT2D eigenvalue weighted by atomic mass is 32.2. The van der Waals surface area contributed by atoms with Crippen molar-refractivity contribution in [3.05, 3.63) is 60.8 Å². The average Bonchev–Trinajstić information content (AvgIpc) is 2.71. The largest absolute Gasteiger partial charge is 0.369 e. The minimum Gasteiger partial charge on any atom is -0.369 e. The second-order valence-corrected chi connectivity index (χ2v) is 8.27. The monoisotopic (exact) mass is 395 g/mol. The Morgan fingerprint density at radius 1 is 0.929 bits per heavy atom. The molecule has 1 aliphatic heterocycles. The highest BCUT2D eigenvalue weighted by molar-refractivity contribution is 7.89. The fraction of sp³-hybridized carbons (Fsp3) is 0.200. The molecule has 0 spiro atoms. The molecule has 0 aliphatic carbocycles. The van der Waals surface area contributed by atoms with Gasteiger partial charge in [0.1, 0.15) is 5.82 Å². The Hall–Kier alpha value is -2.97. The normalized spacial score (nSPS) is 16.3. The molecule has 0 amide bonds. The number of rotatable bonds is 1. The van der Waals surface area contributed by atoms with Crippen LogP contribution in [0.3, 0.4) is 0 Å². The zero-order valence-corrected chi connectivity index (χ0v) is 16.0. The molecule has 28 heavy (non-hydrogen) atoms. The third-order valence-corrected chi connectivity index (χ3v) is 5.92. The number of aromatic nitrogens is 2. The summed E-state index contributed by atoms with van der Waals surface area (Å²) in [5.74, 6) is 1.15. The second kappa shape index (κ2) is 7.95. The van der Waals surface area contributed by atoms with Gasteiger partial charge in [0, 0.05) is 30.5 Å². The molecule has 2 aromatic carbocycles. The predicted octanol–water partition coefficient (Wildman–Crippen LogP) is 3.37. The molecule has 0 radical (unpaired) electrons. The van der Waals surface area contributed by atoms with E-state index in [4.69, 9.17) is 0 Å². The SMILES string of the molecule is O=S1(=O)NCCCCNc2nc(ncc2-c2ccccc2)Nc2cccc1c2. The molecule has 0 fully saturated rings. The van der Waals surface area contributed by atoms with Crippen LogP contribution in [0.25, 0.3) is 11.1 Å². The first-order valence-corrected chi connectivity index (χ1v) is 10.6. The minimum atomic E-state index is -3.53. The van der Waals surface area contributed by atoms with E-state index < -0.39 is 10.0 Å². The minimum absolute atomic E-state index is 0.216. The van der Waals surface area contributed by atoms with Crippen molar-refractivity contribution in [1.29, 1.82) is 0 Å². The highest BCUT2D eigenvalue weighted by Crippen LogP contribution is 2.28. The molecule has 0 saturated carbocycles. The lowest BCUT2D eigenvalue weighted by atomic mass is 10.1. The Morgan fingerprint density at radius 3 is 2.61 bits per heavy atom. The number of anilines is 3. The summed E-state index contributed by atoms with van der Waals surface area (Å²) in [6, 6.07) is 16.6. The van der Waals surface area contributed by atoms with Gasteiger partial charge in [-0.1, -0.05) is 36.4 Å². The van der Waals surface area contributed by atoms with Crippen LogP contribution in [0.2, 0.25) is 0 Å². The van der Waals surface area contributed by atoms with Crippen molar-refractivity contribution in [3.63, 3.8) is 0 Å². The summed E-state index contributed by atoms with van der Waals surface area (Å²) >= 11 is 0. The van der Waals surface area contributed by atoms with Gasteiger partial charge in [0.25, 0.3) is 0 Å². The molecular weight excluding hydrogens is 374 g/mol. The number of benzene rings is 2.